The molecule has 0 bridgehead atoms. The number of nitrogens with zero attached hydrogens (tertiary/aromatic N) is 2. The molecule has 0 aliphatic heterocycles. The highest BCUT2D eigenvalue weighted by atomic mass is 16.3. The second-order valence-corrected chi connectivity index (χ2v) is 4.48. The van der Waals surface area contributed by atoms with Crippen LogP contribution in [-0.4, -0.2) is 14.9 Å². The molecule has 2 heterocycles. The van der Waals surface area contributed by atoms with E-state index < -0.39 is 6.10 Å². The number of aliphatic hydroxyl groups excluding tert-OH is 1. The summed E-state index contributed by atoms with van der Waals surface area (Å²) < 4.78 is 7.19. The van der Waals surface area contributed by atoms with Gasteiger partial charge in [0.05, 0.1) is 18.1 Å². The lowest BCUT2D eigenvalue weighted by molar-refractivity contribution is 0.173. The lowest BCUT2D eigenvalue weighted by Crippen LogP contribution is -2.07. The van der Waals surface area contributed by atoms with Crippen LogP contribution in [0.5, 0.6) is 0 Å². The molecule has 98 valence electrons. The van der Waals surface area contributed by atoms with E-state index in [4.69, 9.17) is 4.42 Å². The summed E-state index contributed by atoms with van der Waals surface area (Å²) in [7, 11) is 1.91. The van der Waals surface area contributed by atoms with E-state index >= 15 is 0 Å². The van der Waals surface area contributed by atoms with Crippen molar-refractivity contribution in [2.45, 2.75) is 39.2 Å². The first-order chi connectivity index (χ1) is 8.65. The van der Waals surface area contributed by atoms with Crippen LogP contribution in [0.2, 0.25) is 0 Å². The maximum atomic E-state index is 10.3. The molecule has 4 heteroatoms. The van der Waals surface area contributed by atoms with E-state index in [1.807, 2.05) is 24.7 Å². The van der Waals surface area contributed by atoms with E-state index in [9.17, 15) is 5.11 Å². The minimum atomic E-state index is -0.529. The minimum Gasteiger partial charge on any atom is -0.469 e. The average molecular weight is 248 g/mol. The van der Waals surface area contributed by atoms with E-state index in [0.717, 1.165) is 35.6 Å². The fourth-order valence-electron chi connectivity index (χ4n) is 2.18. The number of hydrogen-bond donors (Lipinski definition) is 1. The predicted molar refractivity (Wildman–Crippen MR) is 69.3 cm³/mol. The zero-order chi connectivity index (χ0) is 13.1. The Morgan fingerprint density at radius 1 is 1.39 bits per heavy atom. The summed E-state index contributed by atoms with van der Waals surface area (Å²) in [4.78, 5) is 0. The molecule has 0 fully saturated rings. The molecule has 0 saturated heterocycles. The average Bonchev–Trinajstić information content (AvgIpc) is 2.96. The Bertz CT molecular complexity index is 514. The van der Waals surface area contributed by atoms with Gasteiger partial charge in [0.25, 0.3) is 0 Å². The normalized spacial score (nSPS) is 12.9. The summed E-state index contributed by atoms with van der Waals surface area (Å²) in [5.74, 6) is 0.861. The van der Waals surface area contributed by atoms with Gasteiger partial charge in [-0.25, -0.2) is 0 Å². The maximum absolute atomic E-state index is 10.3. The molecule has 4 nitrogen and oxygen atoms in total. The van der Waals surface area contributed by atoms with Crippen LogP contribution >= 0.6 is 0 Å². The third-order valence-electron chi connectivity index (χ3n) is 3.25. The lowest BCUT2D eigenvalue weighted by atomic mass is 10.0. The molecule has 1 unspecified atom stereocenters. The minimum absolute atomic E-state index is 0.529. The molecule has 0 amide bonds. The summed E-state index contributed by atoms with van der Waals surface area (Å²) in [5, 5.41) is 14.7. The molecule has 0 aliphatic carbocycles. The van der Waals surface area contributed by atoms with E-state index in [2.05, 4.69) is 18.1 Å². The van der Waals surface area contributed by atoms with E-state index in [1.54, 1.807) is 6.26 Å². The highest BCUT2D eigenvalue weighted by Crippen LogP contribution is 2.23. The summed E-state index contributed by atoms with van der Waals surface area (Å²) in [6, 6.07) is 3.90. The first-order valence-electron chi connectivity index (χ1n) is 6.41. The highest BCUT2D eigenvalue weighted by molar-refractivity contribution is 5.22. The van der Waals surface area contributed by atoms with Crippen molar-refractivity contribution in [1.82, 2.24) is 9.78 Å². The standard InChI is InChI=1S/C14H20N2O2/c1-4-10-8-11(16(3)15-10)9-13(17)12-6-7-18-14(12)5-2/h6-8,13,17H,4-5,9H2,1-3H3. The van der Waals surface area contributed by atoms with Crippen LogP contribution in [0.15, 0.2) is 22.8 Å². The van der Waals surface area contributed by atoms with E-state index in [-0.39, 0.29) is 0 Å². The summed E-state index contributed by atoms with van der Waals surface area (Å²) >= 11 is 0. The van der Waals surface area contributed by atoms with Crippen molar-refractivity contribution in [2.24, 2.45) is 7.05 Å². The molecule has 2 rings (SSSR count). The number of rotatable bonds is 5. The molecule has 0 radical (unpaired) electrons. The maximum Gasteiger partial charge on any atom is 0.109 e. The van der Waals surface area contributed by atoms with Crippen molar-refractivity contribution in [1.29, 1.82) is 0 Å². The summed E-state index contributed by atoms with van der Waals surface area (Å²) in [5.41, 5.74) is 2.99. The smallest absolute Gasteiger partial charge is 0.109 e. The van der Waals surface area contributed by atoms with Gasteiger partial charge in [-0.15, -0.1) is 0 Å². The SMILES string of the molecule is CCc1cc(CC(O)c2ccoc2CC)n(C)n1. The molecule has 2 aromatic heterocycles. The van der Waals surface area contributed by atoms with Gasteiger partial charge in [-0.05, 0) is 18.6 Å². The van der Waals surface area contributed by atoms with Gasteiger partial charge >= 0.3 is 0 Å². The van der Waals surface area contributed by atoms with Gasteiger partial charge in [-0.3, -0.25) is 4.68 Å². The molecule has 0 spiro atoms. The van der Waals surface area contributed by atoms with Crippen molar-refractivity contribution >= 4 is 0 Å². The largest absolute Gasteiger partial charge is 0.469 e. The first kappa shape index (κ1) is 12.9. The van der Waals surface area contributed by atoms with Crippen LogP contribution < -0.4 is 0 Å². The quantitative estimate of drug-likeness (QED) is 0.884. The number of furan rings is 1. The fourth-order valence-corrected chi connectivity index (χ4v) is 2.18. The van der Waals surface area contributed by atoms with Crippen molar-refractivity contribution in [2.75, 3.05) is 0 Å². The molecule has 0 aromatic carbocycles. The Morgan fingerprint density at radius 2 is 2.17 bits per heavy atom. The van der Waals surface area contributed by atoms with Crippen molar-refractivity contribution in [3.63, 3.8) is 0 Å². The van der Waals surface area contributed by atoms with E-state index in [0.29, 0.717) is 6.42 Å². The summed E-state index contributed by atoms with van der Waals surface area (Å²) in [6.07, 6.45) is 3.38. The van der Waals surface area contributed by atoms with Crippen LogP contribution in [0, 0.1) is 0 Å². The highest BCUT2D eigenvalue weighted by Gasteiger charge is 2.17. The Kier molecular flexibility index (Phi) is 3.87. The van der Waals surface area contributed by atoms with Crippen molar-refractivity contribution in [3.05, 3.63) is 41.1 Å². The number of hydrogen-bond acceptors (Lipinski definition) is 3. The van der Waals surface area contributed by atoms with Gasteiger partial charge in [0.1, 0.15) is 5.76 Å². The van der Waals surface area contributed by atoms with Crippen LogP contribution in [0.1, 0.15) is 42.7 Å². The zero-order valence-corrected chi connectivity index (χ0v) is 11.2. The van der Waals surface area contributed by atoms with Crippen LogP contribution in [0.4, 0.5) is 0 Å². The van der Waals surface area contributed by atoms with Gasteiger partial charge in [-0.1, -0.05) is 13.8 Å². The second-order valence-electron chi connectivity index (χ2n) is 4.48. The Hall–Kier alpha value is -1.55. The Labute approximate surface area is 107 Å². The number of aliphatic hydroxyl groups is 1. The number of aryl methyl sites for hydroxylation is 3. The molecule has 1 atom stereocenters. The van der Waals surface area contributed by atoms with Crippen LogP contribution in [-0.2, 0) is 26.3 Å². The van der Waals surface area contributed by atoms with Crippen LogP contribution in [0.25, 0.3) is 0 Å². The molecular formula is C14H20N2O2. The first-order valence-corrected chi connectivity index (χ1v) is 6.41. The molecule has 0 aliphatic rings. The van der Waals surface area contributed by atoms with Gasteiger partial charge < -0.3 is 9.52 Å². The van der Waals surface area contributed by atoms with Gasteiger partial charge in [0.15, 0.2) is 0 Å². The van der Waals surface area contributed by atoms with Gasteiger partial charge in [-0.2, -0.15) is 5.10 Å². The third-order valence-corrected chi connectivity index (χ3v) is 3.25. The van der Waals surface area contributed by atoms with E-state index in [1.165, 1.54) is 0 Å². The summed E-state index contributed by atoms with van der Waals surface area (Å²) in [6.45, 7) is 4.10. The number of aromatic nitrogens is 2. The molecule has 2 aromatic rings. The Balaban J connectivity index is 2.15. The van der Waals surface area contributed by atoms with Crippen molar-refractivity contribution < 1.29 is 9.52 Å². The van der Waals surface area contributed by atoms with Gasteiger partial charge in [0.2, 0.25) is 0 Å². The van der Waals surface area contributed by atoms with Gasteiger partial charge in [0, 0.05) is 31.1 Å². The molecule has 1 N–H and O–H groups in total. The fraction of sp³-hybridized carbons (Fsp3) is 0.500. The molecular weight excluding hydrogens is 228 g/mol. The predicted octanol–water partition coefficient (Wildman–Crippen LogP) is 2.41. The monoisotopic (exact) mass is 248 g/mol. The van der Waals surface area contributed by atoms with Crippen molar-refractivity contribution in [3.8, 4) is 0 Å². The molecule has 0 saturated carbocycles. The third kappa shape index (κ3) is 2.48. The zero-order valence-electron chi connectivity index (χ0n) is 11.2. The lowest BCUT2D eigenvalue weighted by Gasteiger charge is -2.10. The second kappa shape index (κ2) is 5.40. The van der Waals surface area contributed by atoms with Crippen LogP contribution in [0.3, 0.4) is 0 Å². The Morgan fingerprint density at radius 3 is 2.78 bits per heavy atom. The molecule has 18 heavy (non-hydrogen) atoms. The topological polar surface area (TPSA) is 51.2 Å².